The van der Waals surface area contributed by atoms with Crippen LogP contribution in [0.3, 0.4) is 0 Å². The van der Waals surface area contributed by atoms with Crippen molar-refractivity contribution in [1.82, 2.24) is 0 Å². The average molecular weight is 240 g/mol. The Hall–Kier alpha value is -0.0400. The molecule has 0 aliphatic carbocycles. The van der Waals surface area contributed by atoms with Gasteiger partial charge < -0.3 is 10.2 Å². The maximum absolute atomic E-state index is 10.4. The first-order valence-electron chi connectivity index (χ1n) is 4.03. The number of rotatable bonds is 4. The summed E-state index contributed by atoms with van der Waals surface area (Å²) in [5.41, 5.74) is 0. The van der Waals surface area contributed by atoms with Crippen LogP contribution in [0, 0.1) is 0 Å². The van der Waals surface area contributed by atoms with Crippen molar-refractivity contribution in [2.45, 2.75) is 13.8 Å². The Morgan fingerprint density at radius 1 is 0.929 bits per heavy atom. The summed E-state index contributed by atoms with van der Waals surface area (Å²) in [4.78, 5) is 20.7. The van der Waals surface area contributed by atoms with Gasteiger partial charge in [-0.25, -0.2) is 0 Å². The normalized spacial score (nSPS) is 8.86. The lowest BCUT2D eigenvalue weighted by Crippen LogP contribution is -1.91. The van der Waals surface area contributed by atoms with E-state index in [4.69, 9.17) is 10.2 Å². The monoisotopic (exact) mass is 240 g/mol. The second-order valence-corrected chi connectivity index (χ2v) is 4.67. The van der Waals surface area contributed by atoms with Crippen LogP contribution in [0.25, 0.3) is 0 Å². The minimum Gasteiger partial charge on any atom is -0.394 e. The van der Waals surface area contributed by atoms with E-state index in [2.05, 4.69) is 0 Å². The van der Waals surface area contributed by atoms with Crippen molar-refractivity contribution in [3.05, 3.63) is 0 Å². The Kier molecular flexibility index (Phi) is 15.2. The molecule has 0 aromatic heterocycles. The quantitative estimate of drug-likeness (QED) is 0.698. The van der Waals surface area contributed by atoms with Crippen molar-refractivity contribution in [2.75, 3.05) is 24.7 Å². The Bertz CT molecular complexity index is 143. The van der Waals surface area contributed by atoms with Crippen LogP contribution >= 0.6 is 23.5 Å². The van der Waals surface area contributed by atoms with E-state index >= 15 is 0 Å². The molecule has 2 N–H and O–H groups in total. The lowest BCUT2D eigenvalue weighted by molar-refractivity contribution is -0.110. The summed E-state index contributed by atoms with van der Waals surface area (Å²) in [5.74, 6) is 1.47. The van der Waals surface area contributed by atoms with Gasteiger partial charge in [0, 0.05) is 25.4 Å². The van der Waals surface area contributed by atoms with Gasteiger partial charge in [0.25, 0.3) is 0 Å². The highest BCUT2D eigenvalue weighted by atomic mass is 32.2. The smallest absolute Gasteiger partial charge is 0.185 e. The van der Waals surface area contributed by atoms with Crippen LogP contribution < -0.4 is 0 Å². The molecule has 14 heavy (non-hydrogen) atoms. The zero-order chi connectivity index (χ0) is 11.4. The molecule has 0 heterocycles. The topological polar surface area (TPSA) is 74.6 Å². The standard InChI is InChI=1S/C6H10O2S2.C2H6O2/c1-5(7)9-3-4-10-6(2)8;3-1-2-4/h3-4H2,1-2H3;3-4H,1-2H2. The van der Waals surface area contributed by atoms with Crippen LogP contribution in [0.1, 0.15) is 13.8 Å². The van der Waals surface area contributed by atoms with Gasteiger partial charge in [-0.3, -0.25) is 9.59 Å². The zero-order valence-corrected chi connectivity index (χ0v) is 9.99. The summed E-state index contributed by atoms with van der Waals surface area (Å²) in [6, 6.07) is 0. The van der Waals surface area contributed by atoms with Crippen LogP contribution in [0.15, 0.2) is 0 Å². The fourth-order valence-electron chi connectivity index (χ4n) is 0.371. The number of aliphatic hydroxyl groups is 2. The van der Waals surface area contributed by atoms with E-state index in [0.717, 1.165) is 11.5 Å². The molecule has 0 saturated carbocycles. The third kappa shape index (κ3) is 22.7. The Balaban J connectivity index is 0. The molecule has 0 aliphatic heterocycles. The fraction of sp³-hybridized carbons (Fsp3) is 0.750. The molecule has 0 saturated heterocycles. The number of hydrogen-bond acceptors (Lipinski definition) is 6. The second kappa shape index (κ2) is 13.0. The number of aliphatic hydroxyl groups excluding tert-OH is 2. The molecule has 84 valence electrons. The molecule has 0 bridgehead atoms. The van der Waals surface area contributed by atoms with Crippen molar-refractivity contribution < 1.29 is 19.8 Å². The van der Waals surface area contributed by atoms with E-state index in [9.17, 15) is 9.59 Å². The Labute approximate surface area is 92.5 Å². The summed E-state index contributed by atoms with van der Waals surface area (Å²) in [7, 11) is 0. The van der Waals surface area contributed by atoms with Gasteiger partial charge in [-0.1, -0.05) is 23.5 Å². The van der Waals surface area contributed by atoms with Gasteiger partial charge in [0.1, 0.15) is 0 Å². The van der Waals surface area contributed by atoms with E-state index in [1.165, 1.54) is 37.4 Å². The minimum absolute atomic E-state index is 0.115. The molecular formula is C8H16O4S2. The Morgan fingerprint density at radius 2 is 1.21 bits per heavy atom. The van der Waals surface area contributed by atoms with E-state index < -0.39 is 0 Å². The highest BCUT2D eigenvalue weighted by Crippen LogP contribution is 2.07. The predicted molar refractivity (Wildman–Crippen MR) is 60.4 cm³/mol. The van der Waals surface area contributed by atoms with Crippen LogP contribution in [0.5, 0.6) is 0 Å². The van der Waals surface area contributed by atoms with E-state index in [1.807, 2.05) is 0 Å². The maximum Gasteiger partial charge on any atom is 0.185 e. The first-order valence-corrected chi connectivity index (χ1v) is 6.00. The van der Waals surface area contributed by atoms with Crippen molar-refractivity contribution >= 4 is 33.8 Å². The first kappa shape index (κ1) is 16.4. The van der Waals surface area contributed by atoms with Crippen molar-refractivity contribution in [3.63, 3.8) is 0 Å². The summed E-state index contributed by atoms with van der Waals surface area (Å²) >= 11 is 2.52. The molecule has 4 nitrogen and oxygen atoms in total. The third-order valence-electron chi connectivity index (χ3n) is 0.794. The fourth-order valence-corrected chi connectivity index (χ4v) is 1.61. The molecule has 0 aliphatic rings. The largest absolute Gasteiger partial charge is 0.394 e. The highest BCUT2D eigenvalue weighted by molar-refractivity contribution is 8.16. The number of carbonyl (C=O) groups excluding carboxylic acids is 2. The lowest BCUT2D eigenvalue weighted by Gasteiger charge is -1.93. The van der Waals surface area contributed by atoms with Gasteiger partial charge in [0.05, 0.1) is 13.2 Å². The average Bonchev–Trinajstić information content (AvgIpc) is 2.12. The molecule has 0 amide bonds. The second-order valence-electron chi connectivity index (χ2n) is 2.13. The molecule has 0 unspecified atom stereocenters. The molecular weight excluding hydrogens is 224 g/mol. The van der Waals surface area contributed by atoms with Crippen LogP contribution in [0.2, 0.25) is 0 Å². The Morgan fingerprint density at radius 3 is 1.36 bits per heavy atom. The van der Waals surface area contributed by atoms with Gasteiger partial charge in [-0.05, 0) is 0 Å². The number of carbonyl (C=O) groups is 2. The summed E-state index contributed by atoms with van der Waals surface area (Å²) < 4.78 is 0. The molecule has 0 aromatic carbocycles. The molecule has 0 spiro atoms. The number of thioether (sulfide) groups is 2. The summed E-state index contributed by atoms with van der Waals surface area (Å²) in [5, 5.41) is 15.5. The molecule has 0 aromatic rings. The van der Waals surface area contributed by atoms with Crippen LogP contribution in [-0.2, 0) is 9.59 Å². The van der Waals surface area contributed by atoms with E-state index in [-0.39, 0.29) is 23.4 Å². The molecule has 0 radical (unpaired) electrons. The number of hydrogen-bond donors (Lipinski definition) is 2. The van der Waals surface area contributed by atoms with Crippen LogP contribution in [-0.4, -0.2) is 45.2 Å². The SMILES string of the molecule is CC(=O)SCCSC(C)=O.OCCO. The van der Waals surface area contributed by atoms with Crippen LogP contribution in [0.4, 0.5) is 0 Å². The molecule has 6 heteroatoms. The van der Waals surface area contributed by atoms with Gasteiger partial charge in [-0.15, -0.1) is 0 Å². The molecule has 0 rings (SSSR count). The minimum atomic E-state index is -0.125. The van der Waals surface area contributed by atoms with Gasteiger partial charge in [0.15, 0.2) is 10.2 Å². The summed E-state index contributed by atoms with van der Waals surface area (Å²) in [6.07, 6.45) is 0. The highest BCUT2D eigenvalue weighted by Gasteiger charge is 1.96. The van der Waals surface area contributed by atoms with Gasteiger partial charge in [0.2, 0.25) is 0 Å². The van der Waals surface area contributed by atoms with Gasteiger partial charge >= 0.3 is 0 Å². The first-order chi connectivity index (χ1) is 6.54. The predicted octanol–water partition coefficient (Wildman–Crippen LogP) is 0.517. The van der Waals surface area contributed by atoms with Gasteiger partial charge in [-0.2, -0.15) is 0 Å². The van der Waals surface area contributed by atoms with Crippen molar-refractivity contribution in [1.29, 1.82) is 0 Å². The zero-order valence-electron chi connectivity index (χ0n) is 8.36. The van der Waals surface area contributed by atoms with E-state index in [0.29, 0.717) is 0 Å². The van der Waals surface area contributed by atoms with E-state index in [1.54, 1.807) is 0 Å². The molecule has 0 atom stereocenters. The lowest BCUT2D eigenvalue weighted by atomic mass is 10.8. The van der Waals surface area contributed by atoms with Crippen molar-refractivity contribution in [3.8, 4) is 0 Å². The van der Waals surface area contributed by atoms with Crippen molar-refractivity contribution in [2.24, 2.45) is 0 Å². The molecule has 0 fully saturated rings. The summed E-state index contributed by atoms with van der Waals surface area (Å²) in [6.45, 7) is 2.81. The maximum atomic E-state index is 10.4. The third-order valence-corrected chi connectivity index (χ3v) is 2.68.